The van der Waals surface area contributed by atoms with Crippen molar-refractivity contribution in [2.75, 3.05) is 0 Å². The fourth-order valence-electron chi connectivity index (χ4n) is 1.19. The molecule has 0 unspecified atom stereocenters. The van der Waals surface area contributed by atoms with E-state index in [0.29, 0.717) is 0 Å². The Morgan fingerprint density at radius 3 is 2.38 bits per heavy atom. The maximum Gasteiger partial charge on any atom is 0.0876 e. The Labute approximate surface area is 85.2 Å². The van der Waals surface area contributed by atoms with Crippen LogP contribution >= 0.6 is 11.6 Å². The Morgan fingerprint density at radius 1 is 1.23 bits per heavy atom. The van der Waals surface area contributed by atoms with Gasteiger partial charge in [0.2, 0.25) is 0 Å². The van der Waals surface area contributed by atoms with Crippen LogP contribution in [0.1, 0.15) is 46.5 Å². The average Bonchev–Trinajstić information content (AvgIpc) is 2.01. The Bertz CT molecular complexity index is 205. The van der Waals surface area contributed by atoms with Gasteiger partial charge >= 0.3 is 0 Å². The van der Waals surface area contributed by atoms with Crippen LogP contribution in [0.15, 0.2) is 10.7 Å². The van der Waals surface area contributed by atoms with E-state index in [1.807, 2.05) is 20.8 Å². The van der Waals surface area contributed by atoms with Gasteiger partial charge in [0.25, 0.3) is 0 Å². The van der Waals surface area contributed by atoms with Crippen LogP contribution in [-0.4, -0.2) is 5.60 Å². The molecule has 13 heavy (non-hydrogen) atoms. The maximum absolute atomic E-state index is 6.05. The number of hydroxylamine groups is 1. The van der Waals surface area contributed by atoms with E-state index in [0.717, 1.165) is 23.6 Å². The van der Waals surface area contributed by atoms with Gasteiger partial charge in [-0.15, -0.1) is 0 Å². The molecule has 0 radical (unpaired) electrons. The monoisotopic (exact) mass is 203 g/mol. The topological polar surface area (TPSA) is 21.3 Å². The predicted octanol–water partition coefficient (Wildman–Crippen LogP) is 3.33. The minimum absolute atomic E-state index is 0.165. The van der Waals surface area contributed by atoms with Gasteiger partial charge in [-0.3, -0.25) is 10.3 Å². The third kappa shape index (κ3) is 4.01. The normalized spacial score (nSPS) is 19.1. The molecule has 3 heteroatoms. The molecule has 0 aromatic carbocycles. The summed E-state index contributed by atoms with van der Waals surface area (Å²) in [5.41, 5.74) is 3.85. The molecule has 76 valence electrons. The van der Waals surface area contributed by atoms with Crippen LogP contribution in [0, 0.1) is 0 Å². The Morgan fingerprint density at radius 2 is 1.85 bits per heavy atom. The fraction of sp³-hybridized carbons (Fsp3) is 0.800. The largest absolute Gasteiger partial charge is 0.271 e. The highest BCUT2D eigenvalue weighted by molar-refractivity contribution is 6.29. The second-order valence-electron chi connectivity index (χ2n) is 4.41. The van der Waals surface area contributed by atoms with Crippen LogP contribution in [0.2, 0.25) is 0 Å². The average molecular weight is 204 g/mol. The number of rotatable bonds is 2. The molecule has 0 bridgehead atoms. The first kappa shape index (κ1) is 10.9. The molecule has 0 amide bonds. The van der Waals surface area contributed by atoms with E-state index in [9.17, 15) is 0 Å². The van der Waals surface area contributed by atoms with Crippen molar-refractivity contribution in [3.05, 3.63) is 10.7 Å². The summed E-state index contributed by atoms with van der Waals surface area (Å²) in [5, 5.41) is 0.926. The van der Waals surface area contributed by atoms with E-state index in [2.05, 4.69) is 5.48 Å². The number of allylic oxidation sites excluding steroid dienone is 2. The molecule has 1 rings (SSSR count). The van der Waals surface area contributed by atoms with Crippen molar-refractivity contribution in [2.45, 2.75) is 52.1 Å². The molecule has 0 atom stereocenters. The summed E-state index contributed by atoms with van der Waals surface area (Å²) in [6.07, 6.45) is 4.39. The van der Waals surface area contributed by atoms with Crippen molar-refractivity contribution in [1.82, 2.24) is 5.48 Å². The summed E-state index contributed by atoms with van der Waals surface area (Å²) in [6.45, 7) is 6.03. The minimum Gasteiger partial charge on any atom is -0.271 e. The van der Waals surface area contributed by atoms with Gasteiger partial charge in [-0.25, -0.2) is 0 Å². The van der Waals surface area contributed by atoms with Crippen LogP contribution < -0.4 is 5.48 Å². The summed E-state index contributed by atoms with van der Waals surface area (Å²) in [7, 11) is 0. The van der Waals surface area contributed by atoms with E-state index in [-0.39, 0.29) is 5.60 Å². The van der Waals surface area contributed by atoms with Gasteiger partial charge in [0.1, 0.15) is 0 Å². The summed E-state index contributed by atoms with van der Waals surface area (Å²) in [4.78, 5) is 5.45. The SMILES string of the molecule is CC(C)(C)ONC1=C(Cl)CCCC1. The summed E-state index contributed by atoms with van der Waals surface area (Å²) >= 11 is 6.05. The van der Waals surface area contributed by atoms with Crippen molar-refractivity contribution in [1.29, 1.82) is 0 Å². The first-order chi connectivity index (χ1) is 5.99. The molecule has 0 spiro atoms. The van der Waals surface area contributed by atoms with Crippen LogP contribution in [0.3, 0.4) is 0 Å². The van der Waals surface area contributed by atoms with Crippen LogP contribution in [0.5, 0.6) is 0 Å². The molecule has 1 aliphatic carbocycles. The highest BCUT2D eigenvalue weighted by Crippen LogP contribution is 2.26. The second kappa shape index (κ2) is 4.34. The lowest BCUT2D eigenvalue weighted by atomic mass is 10.1. The van der Waals surface area contributed by atoms with Crippen LogP contribution in [0.4, 0.5) is 0 Å². The van der Waals surface area contributed by atoms with E-state index in [1.165, 1.54) is 12.8 Å². The number of hydrogen-bond donors (Lipinski definition) is 1. The van der Waals surface area contributed by atoms with E-state index >= 15 is 0 Å². The van der Waals surface area contributed by atoms with Crippen molar-refractivity contribution >= 4 is 11.6 Å². The van der Waals surface area contributed by atoms with Crippen molar-refractivity contribution < 1.29 is 4.84 Å². The summed E-state index contributed by atoms with van der Waals surface area (Å²) in [6, 6.07) is 0. The standard InChI is InChI=1S/C10H18ClNO/c1-10(2,3)13-12-9-7-5-4-6-8(9)11/h12H,4-7H2,1-3H3. The van der Waals surface area contributed by atoms with Crippen molar-refractivity contribution in [2.24, 2.45) is 0 Å². The lowest BCUT2D eigenvalue weighted by Gasteiger charge is -2.24. The van der Waals surface area contributed by atoms with Crippen molar-refractivity contribution in [3.8, 4) is 0 Å². The lowest BCUT2D eigenvalue weighted by Crippen LogP contribution is -2.29. The smallest absolute Gasteiger partial charge is 0.0876 e. The van der Waals surface area contributed by atoms with Crippen molar-refractivity contribution in [3.63, 3.8) is 0 Å². The van der Waals surface area contributed by atoms with Crippen LogP contribution in [-0.2, 0) is 4.84 Å². The zero-order valence-corrected chi connectivity index (χ0v) is 9.37. The van der Waals surface area contributed by atoms with Gasteiger partial charge in [0, 0.05) is 5.03 Å². The summed E-state index contributed by atoms with van der Waals surface area (Å²) < 4.78 is 0. The van der Waals surface area contributed by atoms with Gasteiger partial charge < -0.3 is 0 Å². The molecule has 0 fully saturated rings. The Balaban J connectivity index is 2.44. The second-order valence-corrected chi connectivity index (χ2v) is 4.86. The first-order valence-electron chi connectivity index (χ1n) is 4.80. The van der Waals surface area contributed by atoms with E-state index in [1.54, 1.807) is 0 Å². The lowest BCUT2D eigenvalue weighted by molar-refractivity contribution is -0.0598. The van der Waals surface area contributed by atoms with Gasteiger partial charge in [-0.2, -0.15) is 0 Å². The molecule has 0 aromatic heterocycles. The molecule has 0 aromatic rings. The Hall–Kier alpha value is -0.210. The highest BCUT2D eigenvalue weighted by Gasteiger charge is 2.15. The van der Waals surface area contributed by atoms with Gasteiger partial charge in [0.15, 0.2) is 0 Å². The van der Waals surface area contributed by atoms with Gasteiger partial charge in [-0.1, -0.05) is 11.6 Å². The molecule has 1 N–H and O–H groups in total. The number of nitrogens with one attached hydrogen (secondary N) is 1. The molecule has 2 nitrogen and oxygen atoms in total. The van der Waals surface area contributed by atoms with Gasteiger partial charge in [-0.05, 0) is 46.5 Å². The molecule has 1 aliphatic rings. The molecule has 0 aliphatic heterocycles. The van der Waals surface area contributed by atoms with E-state index in [4.69, 9.17) is 16.4 Å². The third-order valence-electron chi connectivity index (χ3n) is 1.88. The highest BCUT2D eigenvalue weighted by atomic mass is 35.5. The Kier molecular flexibility index (Phi) is 3.63. The van der Waals surface area contributed by atoms with Crippen LogP contribution in [0.25, 0.3) is 0 Å². The predicted molar refractivity (Wildman–Crippen MR) is 55.3 cm³/mol. The molecular formula is C10H18ClNO. The van der Waals surface area contributed by atoms with Gasteiger partial charge in [0.05, 0.1) is 11.3 Å². The fourth-order valence-corrected chi connectivity index (χ4v) is 1.46. The third-order valence-corrected chi connectivity index (χ3v) is 2.30. The molecule has 0 saturated carbocycles. The zero-order chi connectivity index (χ0) is 9.90. The maximum atomic E-state index is 6.05. The molecule has 0 saturated heterocycles. The van der Waals surface area contributed by atoms with E-state index < -0.39 is 0 Å². The quantitative estimate of drug-likeness (QED) is 0.696. The molecular weight excluding hydrogens is 186 g/mol. The number of hydrogen-bond acceptors (Lipinski definition) is 2. The number of halogens is 1. The minimum atomic E-state index is -0.165. The zero-order valence-electron chi connectivity index (χ0n) is 8.61. The molecule has 0 heterocycles. The summed E-state index contributed by atoms with van der Waals surface area (Å²) in [5.74, 6) is 0. The first-order valence-corrected chi connectivity index (χ1v) is 5.18.